The number of fused-ring (bicyclic) bond motifs is 1. The van der Waals surface area contributed by atoms with Gasteiger partial charge in [0.2, 0.25) is 0 Å². The Morgan fingerprint density at radius 3 is 2.83 bits per heavy atom. The van der Waals surface area contributed by atoms with Crippen LogP contribution in [0, 0.1) is 5.92 Å². The molecule has 4 heterocycles. The van der Waals surface area contributed by atoms with Gasteiger partial charge in [0, 0.05) is 47.9 Å². The van der Waals surface area contributed by atoms with E-state index < -0.39 is 6.10 Å². The van der Waals surface area contributed by atoms with Gasteiger partial charge < -0.3 is 20.1 Å². The van der Waals surface area contributed by atoms with Gasteiger partial charge in [0.05, 0.1) is 6.10 Å². The summed E-state index contributed by atoms with van der Waals surface area (Å²) in [4.78, 5) is 28.5. The molecule has 3 aromatic rings. The van der Waals surface area contributed by atoms with Crippen LogP contribution in [0.5, 0.6) is 6.01 Å². The van der Waals surface area contributed by atoms with Crippen LogP contribution in [0.2, 0.25) is 0 Å². The van der Waals surface area contributed by atoms with E-state index in [1.807, 2.05) is 6.07 Å². The number of aromatic nitrogens is 5. The Labute approximate surface area is 204 Å². The summed E-state index contributed by atoms with van der Waals surface area (Å²) in [6.45, 7) is 7.49. The zero-order valence-electron chi connectivity index (χ0n) is 20.5. The molecule has 1 aliphatic carbocycles. The third-order valence-corrected chi connectivity index (χ3v) is 6.98. The molecule has 1 amide bonds. The van der Waals surface area contributed by atoms with Gasteiger partial charge in [-0.05, 0) is 57.6 Å². The first-order valence-electron chi connectivity index (χ1n) is 12.4. The van der Waals surface area contributed by atoms with Gasteiger partial charge in [-0.15, -0.1) is 0 Å². The summed E-state index contributed by atoms with van der Waals surface area (Å²) in [6.07, 6.45) is 4.82. The number of carbonyl (C=O) groups is 1. The summed E-state index contributed by atoms with van der Waals surface area (Å²) in [7, 11) is 0. The van der Waals surface area contributed by atoms with E-state index in [0.717, 1.165) is 55.5 Å². The fourth-order valence-electron chi connectivity index (χ4n) is 5.45. The zero-order chi connectivity index (χ0) is 24.6. The number of ether oxygens (including phenoxy) is 1. The zero-order valence-corrected chi connectivity index (χ0v) is 20.5. The fraction of sp³-hybridized carbons (Fsp3) is 0.560. The van der Waals surface area contributed by atoms with Crippen molar-refractivity contribution in [2.45, 2.75) is 64.0 Å². The van der Waals surface area contributed by atoms with Gasteiger partial charge in [0.15, 0.2) is 5.65 Å². The maximum absolute atomic E-state index is 13.1. The lowest BCUT2D eigenvalue weighted by Crippen LogP contribution is -2.54. The van der Waals surface area contributed by atoms with E-state index in [4.69, 9.17) is 4.74 Å². The Balaban J connectivity index is 1.33. The highest BCUT2D eigenvalue weighted by molar-refractivity contribution is 5.93. The fourth-order valence-corrected chi connectivity index (χ4v) is 5.45. The lowest BCUT2D eigenvalue weighted by molar-refractivity contribution is 0.0764. The first-order valence-corrected chi connectivity index (χ1v) is 12.4. The van der Waals surface area contributed by atoms with Gasteiger partial charge in [0.1, 0.15) is 18.1 Å². The Bertz CT molecular complexity index is 1200. The third kappa shape index (κ3) is 5.07. The number of nitrogens with one attached hydrogen (secondary N) is 2. The number of H-pyrrole nitrogens is 1. The van der Waals surface area contributed by atoms with E-state index in [9.17, 15) is 9.90 Å². The molecule has 0 unspecified atom stereocenters. The highest BCUT2D eigenvalue weighted by Crippen LogP contribution is 2.37. The molecule has 186 valence electrons. The molecule has 2 aliphatic rings. The predicted octanol–water partition coefficient (Wildman–Crippen LogP) is 2.81. The second-order valence-corrected chi connectivity index (χ2v) is 10.4. The second-order valence-electron chi connectivity index (χ2n) is 10.4. The standard InChI is InChI=1S/C25H33N7O3/c1-15-12-25(3,13-15)29-23(34)19-11-20(28-24(27-19)35-14-16(2)33)32-9-6-17(7-10-32)21-18-5-4-8-26-22(18)31-30-21/h4-5,8,11,15-17,33H,6-7,9-10,12-14H2,1-3H3,(H,29,34)(H,26,30,31)/t15?,16-,25?/m1/s1. The molecule has 1 aliphatic heterocycles. The molecule has 0 bridgehead atoms. The number of aliphatic hydroxyl groups excluding tert-OH is 1. The number of nitrogens with zero attached hydrogens (tertiary/aromatic N) is 5. The average molecular weight is 480 g/mol. The van der Waals surface area contributed by atoms with Gasteiger partial charge in [0.25, 0.3) is 5.91 Å². The number of aromatic amines is 1. The lowest BCUT2D eigenvalue weighted by Gasteiger charge is -2.44. The predicted molar refractivity (Wildman–Crippen MR) is 132 cm³/mol. The van der Waals surface area contributed by atoms with E-state index in [1.54, 1.807) is 19.2 Å². The third-order valence-electron chi connectivity index (χ3n) is 6.98. The van der Waals surface area contributed by atoms with E-state index in [2.05, 4.69) is 55.3 Å². The number of pyridine rings is 1. The van der Waals surface area contributed by atoms with Gasteiger partial charge in [-0.2, -0.15) is 15.1 Å². The Hall–Kier alpha value is -3.27. The van der Waals surface area contributed by atoms with E-state index in [0.29, 0.717) is 17.7 Å². The number of carbonyl (C=O) groups excluding carboxylic acids is 1. The molecule has 35 heavy (non-hydrogen) atoms. The van der Waals surface area contributed by atoms with Crippen molar-refractivity contribution in [1.29, 1.82) is 0 Å². The minimum atomic E-state index is -0.663. The summed E-state index contributed by atoms with van der Waals surface area (Å²) >= 11 is 0. The summed E-state index contributed by atoms with van der Waals surface area (Å²) in [5.41, 5.74) is 1.94. The van der Waals surface area contributed by atoms with Crippen molar-refractivity contribution in [3.05, 3.63) is 35.8 Å². The maximum atomic E-state index is 13.1. The monoisotopic (exact) mass is 479 g/mol. The van der Waals surface area contributed by atoms with Crippen molar-refractivity contribution >= 4 is 22.8 Å². The summed E-state index contributed by atoms with van der Waals surface area (Å²) in [5.74, 6) is 1.38. The molecular formula is C25H33N7O3. The molecule has 10 heteroatoms. The van der Waals surface area contributed by atoms with Crippen molar-refractivity contribution in [1.82, 2.24) is 30.5 Å². The SMILES string of the molecule is CC1CC(C)(NC(=O)c2cc(N3CCC(c4[nH]nc5ncccc45)CC3)nc(OC[C@@H](C)O)n2)C1. The first-order chi connectivity index (χ1) is 16.8. The van der Waals surface area contributed by atoms with Crippen molar-refractivity contribution < 1.29 is 14.6 Å². The molecule has 1 saturated heterocycles. The van der Waals surface area contributed by atoms with Crippen LogP contribution >= 0.6 is 0 Å². The molecule has 3 aromatic heterocycles. The van der Waals surface area contributed by atoms with Gasteiger partial charge in [-0.25, -0.2) is 4.98 Å². The lowest BCUT2D eigenvalue weighted by atomic mass is 9.70. The van der Waals surface area contributed by atoms with E-state index in [1.165, 1.54) is 0 Å². The van der Waals surface area contributed by atoms with E-state index >= 15 is 0 Å². The van der Waals surface area contributed by atoms with Crippen molar-refractivity contribution in [3.8, 4) is 6.01 Å². The molecule has 0 aromatic carbocycles. The van der Waals surface area contributed by atoms with Crippen LogP contribution in [0.25, 0.3) is 11.0 Å². The number of amides is 1. The van der Waals surface area contributed by atoms with Crippen molar-refractivity contribution in [3.63, 3.8) is 0 Å². The van der Waals surface area contributed by atoms with E-state index in [-0.39, 0.29) is 29.8 Å². The molecule has 10 nitrogen and oxygen atoms in total. The second kappa shape index (κ2) is 9.41. The van der Waals surface area contributed by atoms with Crippen LogP contribution in [-0.4, -0.2) is 67.5 Å². The van der Waals surface area contributed by atoms with Crippen molar-refractivity contribution in [2.24, 2.45) is 5.92 Å². The Kier molecular flexibility index (Phi) is 6.31. The first kappa shape index (κ1) is 23.5. The molecule has 1 saturated carbocycles. The number of rotatable bonds is 7. The van der Waals surface area contributed by atoms with Crippen LogP contribution in [-0.2, 0) is 0 Å². The van der Waals surface area contributed by atoms with Crippen LogP contribution in [0.15, 0.2) is 24.4 Å². The highest BCUT2D eigenvalue weighted by atomic mass is 16.5. The Morgan fingerprint density at radius 2 is 2.11 bits per heavy atom. The van der Waals surface area contributed by atoms with Crippen LogP contribution < -0.4 is 15.0 Å². The topological polar surface area (TPSA) is 129 Å². The average Bonchev–Trinajstić information content (AvgIpc) is 3.26. The minimum Gasteiger partial charge on any atom is -0.461 e. The van der Waals surface area contributed by atoms with Gasteiger partial charge in [-0.1, -0.05) is 6.92 Å². The molecule has 0 radical (unpaired) electrons. The summed E-state index contributed by atoms with van der Waals surface area (Å²) in [6, 6.07) is 5.83. The maximum Gasteiger partial charge on any atom is 0.319 e. The smallest absolute Gasteiger partial charge is 0.319 e. The largest absolute Gasteiger partial charge is 0.461 e. The molecule has 1 atom stereocenters. The van der Waals surface area contributed by atoms with Crippen LogP contribution in [0.3, 0.4) is 0 Å². The van der Waals surface area contributed by atoms with Crippen molar-refractivity contribution in [2.75, 3.05) is 24.6 Å². The van der Waals surface area contributed by atoms with Gasteiger partial charge in [-0.3, -0.25) is 9.89 Å². The molecule has 2 fully saturated rings. The Morgan fingerprint density at radius 1 is 1.34 bits per heavy atom. The molecular weight excluding hydrogens is 446 g/mol. The number of hydrogen-bond donors (Lipinski definition) is 3. The number of piperidine rings is 1. The normalized spacial score (nSPS) is 23.7. The van der Waals surface area contributed by atoms with Gasteiger partial charge >= 0.3 is 6.01 Å². The number of aliphatic hydroxyl groups is 1. The highest BCUT2D eigenvalue weighted by Gasteiger charge is 2.39. The molecule has 3 N–H and O–H groups in total. The number of hydrogen-bond acceptors (Lipinski definition) is 8. The molecule has 5 rings (SSSR count). The number of anilines is 1. The molecule has 0 spiro atoms. The summed E-state index contributed by atoms with van der Waals surface area (Å²) in [5, 5.41) is 21.4. The summed E-state index contributed by atoms with van der Waals surface area (Å²) < 4.78 is 5.61. The quantitative estimate of drug-likeness (QED) is 0.472. The van der Waals surface area contributed by atoms with Crippen LogP contribution in [0.4, 0.5) is 5.82 Å². The minimum absolute atomic E-state index is 0.0583. The van der Waals surface area contributed by atoms with Crippen LogP contribution in [0.1, 0.15) is 68.6 Å².